The average molecular weight is 385 g/mol. The van der Waals surface area contributed by atoms with E-state index in [1.807, 2.05) is 6.26 Å². The molecule has 0 aliphatic heterocycles. The van der Waals surface area contributed by atoms with E-state index in [1.165, 1.54) is 56.1 Å². The molecule has 3 heteroatoms. The summed E-state index contributed by atoms with van der Waals surface area (Å²) in [5.41, 5.74) is 2.54. The predicted octanol–water partition coefficient (Wildman–Crippen LogP) is 6.67. The molecule has 0 aromatic rings. The van der Waals surface area contributed by atoms with Crippen LogP contribution in [0.1, 0.15) is 71.6 Å². The van der Waals surface area contributed by atoms with Crippen molar-refractivity contribution in [2.45, 2.75) is 71.6 Å². The molecule has 1 aliphatic carbocycles. The van der Waals surface area contributed by atoms with Crippen LogP contribution in [0.15, 0.2) is 34.0 Å². The molecule has 0 atom stereocenters. The highest BCUT2D eigenvalue weighted by Gasteiger charge is 2.09. The van der Waals surface area contributed by atoms with Gasteiger partial charge in [-0.15, -0.1) is 0 Å². The van der Waals surface area contributed by atoms with Gasteiger partial charge in [0.25, 0.3) is 0 Å². The van der Waals surface area contributed by atoms with E-state index in [1.54, 1.807) is 0 Å². The fraction of sp³-hybridized carbons (Fsp3) is 0.700. The first-order valence-corrected chi connectivity index (χ1v) is 10.0. The Kier molecular flexibility index (Phi) is 12.4. The second kappa shape index (κ2) is 13.9. The van der Waals surface area contributed by atoms with Crippen LogP contribution in [-0.4, -0.2) is 19.8 Å². The van der Waals surface area contributed by atoms with Gasteiger partial charge in [-0.05, 0) is 42.6 Å². The molecule has 2 nitrogen and oxygen atoms in total. The summed E-state index contributed by atoms with van der Waals surface area (Å²) in [4.78, 5) is 0. The van der Waals surface area contributed by atoms with Gasteiger partial charge >= 0.3 is 0 Å². The first kappa shape index (κ1) is 20.5. The van der Waals surface area contributed by atoms with E-state index < -0.39 is 0 Å². The lowest BCUT2D eigenvalue weighted by molar-refractivity contribution is 0.150. The third kappa shape index (κ3) is 10.8. The van der Waals surface area contributed by atoms with Crippen molar-refractivity contribution < 1.29 is 9.47 Å². The Labute approximate surface area is 151 Å². The maximum absolute atomic E-state index is 5.80. The van der Waals surface area contributed by atoms with Crippen molar-refractivity contribution in [2.75, 3.05) is 19.8 Å². The fourth-order valence-electron chi connectivity index (χ4n) is 2.56. The van der Waals surface area contributed by atoms with Crippen LogP contribution in [0.4, 0.5) is 0 Å². The molecule has 1 aliphatic rings. The zero-order chi connectivity index (χ0) is 16.8. The van der Waals surface area contributed by atoms with Gasteiger partial charge in [-0.2, -0.15) is 0 Å². The quantitative estimate of drug-likeness (QED) is 0.260. The van der Waals surface area contributed by atoms with Crippen LogP contribution in [0.3, 0.4) is 0 Å². The highest BCUT2D eigenvalue weighted by atomic mass is 79.9. The molecule has 0 bridgehead atoms. The average Bonchev–Trinajstić information content (AvgIpc) is 2.53. The molecule has 0 aromatic heterocycles. The number of ether oxygens (including phenoxy) is 2. The van der Waals surface area contributed by atoms with Gasteiger partial charge in [0.15, 0.2) is 0 Å². The fourth-order valence-corrected chi connectivity index (χ4v) is 3.18. The zero-order valence-corrected chi connectivity index (χ0v) is 16.5. The third-order valence-corrected chi connectivity index (χ3v) is 4.33. The number of allylic oxidation sites excluding steroid dienone is 4. The number of unbranched alkanes of at least 4 members (excludes halogenated alkanes) is 6. The lowest BCUT2D eigenvalue weighted by atomic mass is 10.0. The van der Waals surface area contributed by atoms with Gasteiger partial charge in [-0.3, -0.25) is 0 Å². The highest BCUT2D eigenvalue weighted by molar-refractivity contribution is 9.11. The molecule has 0 spiro atoms. The van der Waals surface area contributed by atoms with Crippen LogP contribution in [0.2, 0.25) is 0 Å². The van der Waals surface area contributed by atoms with Crippen LogP contribution < -0.4 is 0 Å². The zero-order valence-electron chi connectivity index (χ0n) is 14.9. The molecular formula is C20H33BrO2. The largest absolute Gasteiger partial charge is 0.501 e. The summed E-state index contributed by atoms with van der Waals surface area (Å²) in [6.45, 7) is 6.88. The first-order chi connectivity index (χ1) is 11.3. The normalized spacial score (nSPS) is 16.4. The molecule has 0 saturated heterocycles. The number of hydrogen-bond acceptors (Lipinski definition) is 2. The van der Waals surface area contributed by atoms with Crippen molar-refractivity contribution in [3.63, 3.8) is 0 Å². The van der Waals surface area contributed by atoms with Gasteiger partial charge in [-0.25, -0.2) is 0 Å². The van der Waals surface area contributed by atoms with Gasteiger partial charge in [0, 0.05) is 11.1 Å². The molecule has 0 amide bonds. The van der Waals surface area contributed by atoms with Crippen LogP contribution in [0.5, 0.6) is 0 Å². The van der Waals surface area contributed by atoms with E-state index in [9.17, 15) is 0 Å². The number of rotatable bonds is 13. The van der Waals surface area contributed by atoms with E-state index in [0.29, 0.717) is 0 Å². The molecule has 0 saturated carbocycles. The van der Waals surface area contributed by atoms with Crippen molar-refractivity contribution in [3.05, 3.63) is 34.0 Å². The summed E-state index contributed by atoms with van der Waals surface area (Å²) in [6, 6.07) is 0. The minimum absolute atomic E-state index is 0.725. The van der Waals surface area contributed by atoms with Crippen molar-refractivity contribution in [1.82, 2.24) is 0 Å². The molecule has 0 heterocycles. The third-order valence-electron chi connectivity index (χ3n) is 3.88. The predicted molar refractivity (Wildman–Crippen MR) is 103 cm³/mol. The van der Waals surface area contributed by atoms with Crippen molar-refractivity contribution in [1.29, 1.82) is 0 Å². The summed E-state index contributed by atoms with van der Waals surface area (Å²) in [7, 11) is 0. The second-order valence-corrected chi connectivity index (χ2v) is 7.16. The topological polar surface area (TPSA) is 18.5 Å². The van der Waals surface area contributed by atoms with Crippen molar-refractivity contribution in [2.24, 2.45) is 0 Å². The minimum atomic E-state index is 0.725. The molecule has 0 N–H and O–H groups in total. The Balaban J connectivity index is 2.22. The first-order valence-electron chi connectivity index (χ1n) is 9.21. The van der Waals surface area contributed by atoms with E-state index in [4.69, 9.17) is 9.47 Å². The number of hydrogen-bond donors (Lipinski definition) is 0. The van der Waals surface area contributed by atoms with Crippen molar-refractivity contribution in [3.8, 4) is 0 Å². The smallest absolute Gasteiger partial charge is 0.0873 e. The Morgan fingerprint density at radius 2 is 1.65 bits per heavy atom. The van der Waals surface area contributed by atoms with Gasteiger partial charge in [0.1, 0.15) is 0 Å². The Bertz CT molecular complexity index is 396. The van der Waals surface area contributed by atoms with Gasteiger partial charge < -0.3 is 9.47 Å². The van der Waals surface area contributed by atoms with Gasteiger partial charge in [0.05, 0.1) is 19.5 Å². The van der Waals surface area contributed by atoms with E-state index in [2.05, 4.69) is 41.9 Å². The van der Waals surface area contributed by atoms with Crippen LogP contribution in [-0.2, 0) is 9.47 Å². The van der Waals surface area contributed by atoms with E-state index >= 15 is 0 Å². The summed E-state index contributed by atoms with van der Waals surface area (Å²) in [5.74, 6) is 0. The molecular weight excluding hydrogens is 352 g/mol. The Hall–Kier alpha value is -0.540. The highest BCUT2D eigenvalue weighted by Crippen LogP contribution is 2.25. The van der Waals surface area contributed by atoms with E-state index in [-0.39, 0.29) is 0 Å². The molecule has 0 aromatic carbocycles. The summed E-state index contributed by atoms with van der Waals surface area (Å²) >= 11 is 3.59. The van der Waals surface area contributed by atoms with Crippen LogP contribution in [0, 0.1) is 0 Å². The van der Waals surface area contributed by atoms with E-state index in [0.717, 1.165) is 37.1 Å². The minimum Gasteiger partial charge on any atom is -0.501 e. The standard InChI is InChI=1S/C20H33BrO2/c1-3-5-7-9-11-22-16-18-13-19(15-20(21)14-18)17-23-12-10-8-6-4-2/h14-16H,3-13,17H2,1-2H3. The molecule has 0 radical (unpaired) electrons. The monoisotopic (exact) mass is 384 g/mol. The summed E-state index contributed by atoms with van der Waals surface area (Å²) < 4.78 is 12.6. The summed E-state index contributed by atoms with van der Waals surface area (Å²) in [6.07, 6.45) is 17.2. The molecule has 0 unspecified atom stereocenters. The van der Waals surface area contributed by atoms with Crippen molar-refractivity contribution >= 4 is 15.9 Å². The Morgan fingerprint density at radius 1 is 0.957 bits per heavy atom. The van der Waals surface area contributed by atoms with Gasteiger partial charge in [-0.1, -0.05) is 68.3 Å². The maximum Gasteiger partial charge on any atom is 0.0873 e. The molecule has 0 fully saturated rings. The second-order valence-electron chi connectivity index (χ2n) is 6.25. The molecule has 1 rings (SSSR count). The lowest BCUT2D eigenvalue weighted by Gasteiger charge is -2.14. The Morgan fingerprint density at radius 3 is 2.35 bits per heavy atom. The lowest BCUT2D eigenvalue weighted by Crippen LogP contribution is -2.04. The van der Waals surface area contributed by atoms with Crippen LogP contribution >= 0.6 is 15.9 Å². The summed E-state index contributed by atoms with van der Waals surface area (Å²) in [5, 5.41) is 0. The maximum atomic E-state index is 5.80. The molecule has 23 heavy (non-hydrogen) atoms. The van der Waals surface area contributed by atoms with Gasteiger partial charge in [0.2, 0.25) is 0 Å². The number of halogens is 1. The SMILES string of the molecule is CCCCCCOC=C1C=C(Br)C=C(COCCCCCC)C1. The van der Waals surface area contributed by atoms with Crippen LogP contribution in [0.25, 0.3) is 0 Å². The molecule has 132 valence electrons.